The van der Waals surface area contributed by atoms with Crippen molar-refractivity contribution < 1.29 is 14.7 Å². The Kier molecular flexibility index (Phi) is 5.27. The third-order valence-corrected chi connectivity index (χ3v) is 5.38. The van der Waals surface area contributed by atoms with Crippen molar-refractivity contribution in [3.05, 3.63) is 106 Å². The van der Waals surface area contributed by atoms with Gasteiger partial charge in [-0.05, 0) is 29.3 Å². The average molecular weight is 449 g/mol. The summed E-state index contributed by atoms with van der Waals surface area (Å²) in [5.74, 6) is -1.51. The molecule has 3 aromatic rings. The normalized spacial score (nSPS) is 18.2. The third kappa shape index (κ3) is 3.71. The first-order chi connectivity index (χ1) is 14.1. The Morgan fingerprint density at radius 3 is 2.38 bits per heavy atom. The molecule has 1 fully saturated rings. The number of hydrogen-bond acceptors (Lipinski definition) is 4. The lowest BCUT2D eigenvalue weighted by Crippen LogP contribution is -2.29. The molecule has 1 unspecified atom stereocenters. The van der Waals surface area contributed by atoms with Crippen molar-refractivity contribution in [3.8, 4) is 0 Å². The van der Waals surface area contributed by atoms with E-state index in [1.807, 2.05) is 36.4 Å². The van der Waals surface area contributed by atoms with E-state index in [2.05, 4.69) is 20.9 Å². The van der Waals surface area contributed by atoms with Gasteiger partial charge in [0.1, 0.15) is 5.76 Å². The van der Waals surface area contributed by atoms with E-state index in [0.717, 1.165) is 15.6 Å². The van der Waals surface area contributed by atoms with Crippen LogP contribution in [0.15, 0.2) is 89.2 Å². The number of rotatable bonds is 4. The predicted molar refractivity (Wildman–Crippen MR) is 113 cm³/mol. The largest absolute Gasteiger partial charge is 0.507 e. The van der Waals surface area contributed by atoms with Crippen LogP contribution in [0.1, 0.15) is 22.7 Å². The van der Waals surface area contributed by atoms with Gasteiger partial charge in [0, 0.05) is 29.0 Å². The average Bonchev–Trinajstić information content (AvgIpc) is 3.00. The topological polar surface area (TPSA) is 70.5 Å². The third-order valence-electron chi connectivity index (χ3n) is 4.85. The van der Waals surface area contributed by atoms with Crippen molar-refractivity contribution in [3.63, 3.8) is 0 Å². The number of aromatic nitrogens is 1. The summed E-state index contributed by atoms with van der Waals surface area (Å²) in [5, 5.41) is 10.9. The van der Waals surface area contributed by atoms with E-state index in [1.165, 1.54) is 4.90 Å². The number of halogens is 1. The molecule has 0 saturated carbocycles. The molecule has 0 radical (unpaired) electrons. The molecule has 1 aliphatic rings. The van der Waals surface area contributed by atoms with Gasteiger partial charge >= 0.3 is 0 Å². The van der Waals surface area contributed by atoms with E-state index >= 15 is 0 Å². The summed E-state index contributed by atoms with van der Waals surface area (Å²) in [6, 6.07) is 19.1. The van der Waals surface area contributed by atoms with Gasteiger partial charge in [-0.2, -0.15) is 0 Å². The molecule has 144 valence electrons. The minimum absolute atomic E-state index is 0.0902. The molecular formula is C23H17BrN2O3. The molecule has 2 aromatic carbocycles. The Labute approximate surface area is 176 Å². The molecule has 1 aliphatic heterocycles. The minimum Gasteiger partial charge on any atom is -0.507 e. The second-order valence-corrected chi connectivity index (χ2v) is 7.62. The number of aliphatic hydroxyl groups is 1. The lowest BCUT2D eigenvalue weighted by atomic mass is 9.95. The van der Waals surface area contributed by atoms with Crippen LogP contribution in [0, 0.1) is 0 Å². The summed E-state index contributed by atoms with van der Waals surface area (Å²) in [5.41, 5.74) is 2.13. The Balaban J connectivity index is 1.86. The van der Waals surface area contributed by atoms with E-state index in [0.29, 0.717) is 5.56 Å². The van der Waals surface area contributed by atoms with Crippen molar-refractivity contribution in [1.29, 1.82) is 0 Å². The van der Waals surface area contributed by atoms with Crippen LogP contribution in [-0.2, 0) is 16.1 Å². The van der Waals surface area contributed by atoms with Crippen LogP contribution in [0.4, 0.5) is 0 Å². The summed E-state index contributed by atoms with van der Waals surface area (Å²) < 4.78 is 0.883. The highest BCUT2D eigenvalue weighted by Crippen LogP contribution is 2.40. The molecule has 2 heterocycles. The molecule has 0 bridgehead atoms. The summed E-state index contributed by atoms with van der Waals surface area (Å²) in [4.78, 5) is 31.4. The summed E-state index contributed by atoms with van der Waals surface area (Å²) in [6.07, 6.45) is 3.31. The van der Waals surface area contributed by atoms with Crippen molar-refractivity contribution in [2.75, 3.05) is 0 Å². The molecule has 0 spiro atoms. The molecule has 1 aromatic heterocycles. The van der Waals surface area contributed by atoms with Gasteiger partial charge in [0.15, 0.2) is 0 Å². The van der Waals surface area contributed by atoms with Crippen LogP contribution < -0.4 is 0 Å². The molecule has 0 aliphatic carbocycles. The fourth-order valence-electron chi connectivity index (χ4n) is 3.47. The molecule has 5 nitrogen and oxygen atoms in total. The summed E-state index contributed by atoms with van der Waals surface area (Å²) in [6.45, 7) is 0.213. The molecule has 4 rings (SSSR count). The number of amides is 1. The van der Waals surface area contributed by atoms with Gasteiger partial charge in [-0.3, -0.25) is 14.6 Å². The smallest absolute Gasteiger partial charge is 0.295 e. The van der Waals surface area contributed by atoms with E-state index < -0.39 is 17.7 Å². The van der Waals surface area contributed by atoms with Crippen molar-refractivity contribution in [1.82, 2.24) is 9.88 Å². The zero-order valence-corrected chi connectivity index (χ0v) is 16.9. The van der Waals surface area contributed by atoms with Gasteiger partial charge < -0.3 is 10.0 Å². The van der Waals surface area contributed by atoms with Gasteiger partial charge in [-0.15, -0.1) is 0 Å². The fraction of sp³-hybridized carbons (Fsp3) is 0.0870. The number of aliphatic hydroxyl groups excluding tert-OH is 1. The molecule has 1 N–H and O–H groups in total. The SMILES string of the molecule is O=C1C(=O)N(Cc2cccnc2)C(c2ccc(Br)cc2)C1=C(O)c1ccccc1. The second-order valence-electron chi connectivity index (χ2n) is 6.71. The van der Waals surface area contributed by atoms with Crippen molar-refractivity contribution >= 4 is 33.4 Å². The van der Waals surface area contributed by atoms with Gasteiger partial charge in [0.2, 0.25) is 0 Å². The Morgan fingerprint density at radius 1 is 1.00 bits per heavy atom. The predicted octanol–water partition coefficient (Wildman–Crippen LogP) is 4.47. The number of hydrogen-bond donors (Lipinski definition) is 1. The van der Waals surface area contributed by atoms with E-state index in [1.54, 1.807) is 42.7 Å². The van der Waals surface area contributed by atoms with Crippen LogP contribution >= 0.6 is 15.9 Å². The number of benzene rings is 2. The molecule has 29 heavy (non-hydrogen) atoms. The number of ketones is 1. The van der Waals surface area contributed by atoms with Crippen LogP contribution in [0.3, 0.4) is 0 Å². The maximum Gasteiger partial charge on any atom is 0.295 e. The number of carbonyl (C=O) groups excluding carboxylic acids is 2. The first-order valence-corrected chi connectivity index (χ1v) is 9.84. The maximum absolute atomic E-state index is 12.9. The number of likely N-dealkylation sites (tertiary alicyclic amines) is 1. The fourth-order valence-corrected chi connectivity index (χ4v) is 3.74. The molecular weight excluding hydrogens is 432 g/mol. The summed E-state index contributed by atoms with van der Waals surface area (Å²) in [7, 11) is 0. The van der Waals surface area contributed by atoms with Gasteiger partial charge in [-0.1, -0.05) is 64.5 Å². The minimum atomic E-state index is -0.692. The van der Waals surface area contributed by atoms with E-state index in [9.17, 15) is 14.7 Å². The molecule has 1 saturated heterocycles. The van der Waals surface area contributed by atoms with Crippen LogP contribution in [0.5, 0.6) is 0 Å². The van der Waals surface area contributed by atoms with Gasteiger partial charge in [0.05, 0.1) is 11.6 Å². The standard InChI is InChI=1S/C23H17BrN2O3/c24-18-10-8-16(9-11-18)20-19(21(27)17-6-2-1-3-7-17)22(28)23(29)26(20)14-15-5-4-12-25-13-15/h1-13,20,27H,14H2. The number of nitrogens with zero attached hydrogens (tertiary/aromatic N) is 2. The zero-order chi connectivity index (χ0) is 20.4. The van der Waals surface area contributed by atoms with E-state index in [4.69, 9.17) is 0 Å². The quantitative estimate of drug-likeness (QED) is 0.363. The number of Topliss-reactive ketones (excluding diaryl/α,β-unsaturated/α-hetero) is 1. The monoisotopic (exact) mass is 448 g/mol. The van der Waals surface area contributed by atoms with Crippen LogP contribution in [-0.4, -0.2) is 26.7 Å². The van der Waals surface area contributed by atoms with Gasteiger partial charge in [-0.25, -0.2) is 0 Å². The molecule has 6 heteroatoms. The first kappa shape index (κ1) is 19.1. The van der Waals surface area contributed by atoms with Crippen molar-refractivity contribution in [2.45, 2.75) is 12.6 Å². The molecule has 1 amide bonds. The van der Waals surface area contributed by atoms with Crippen molar-refractivity contribution in [2.24, 2.45) is 0 Å². The molecule has 1 atom stereocenters. The highest BCUT2D eigenvalue weighted by molar-refractivity contribution is 9.10. The zero-order valence-electron chi connectivity index (χ0n) is 15.3. The van der Waals surface area contributed by atoms with Gasteiger partial charge in [0.25, 0.3) is 11.7 Å². The Hall–Kier alpha value is -3.25. The Bertz CT molecular complexity index is 1080. The number of carbonyl (C=O) groups is 2. The maximum atomic E-state index is 12.9. The highest BCUT2D eigenvalue weighted by atomic mass is 79.9. The van der Waals surface area contributed by atoms with Crippen LogP contribution in [0.25, 0.3) is 5.76 Å². The highest BCUT2D eigenvalue weighted by Gasteiger charge is 2.46. The lowest BCUT2D eigenvalue weighted by Gasteiger charge is -2.25. The van der Waals surface area contributed by atoms with E-state index in [-0.39, 0.29) is 17.9 Å². The lowest BCUT2D eigenvalue weighted by molar-refractivity contribution is -0.140. The Morgan fingerprint density at radius 2 is 1.72 bits per heavy atom. The first-order valence-electron chi connectivity index (χ1n) is 9.04. The number of pyridine rings is 1. The second kappa shape index (κ2) is 8.01. The van der Waals surface area contributed by atoms with Crippen LogP contribution in [0.2, 0.25) is 0 Å². The summed E-state index contributed by atoms with van der Waals surface area (Å²) >= 11 is 3.41.